The summed E-state index contributed by atoms with van der Waals surface area (Å²) in [5, 5.41) is 3.72. The van der Waals surface area contributed by atoms with Crippen molar-refractivity contribution in [3.8, 4) is 0 Å². The minimum atomic E-state index is 0.577. The minimum absolute atomic E-state index is 0.577. The lowest BCUT2D eigenvalue weighted by Gasteiger charge is -2.39. The van der Waals surface area contributed by atoms with Gasteiger partial charge in [0.25, 0.3) is 0 Å². The van der Waals surface area contributed by atoms with Crippen molar-refractivity contribution in [3.63, 3.8) is 0 Å². The summed E-state index contributed by atoms with van der Waals surface area (Å²) in [5.74, 6) is 0. The predicted octanol–water partition coefficient (Wildman–Crippen LogP) is 2.55. The van der Waals surface area contributed by atoms with Crippen LogP contribution < -0.4 is 5.32 Å². The molecule has 0 radical (unpaired) electrons. The molecule has 3 heteroatoms. The molecular weight excluding hydrogens is 236 g/mol. The second-order valence-electron chi connectivity index (χ2n) is 6.58. The number of ether oxygens (including phenoxy) is 1. The topological polar surface area (TPSA) is 24.5 Å². The molecule has 0 spiro atoms. The van der Waals surface area contributed by atoms with Crippen LogP contribution in [0.5, 0.6) is 0 Å². The number of hydrogen-bond donors (Lipinski definition) is 1. The van der Waals surface area contributed by atoms with Crippen LogP contribution in [0.25, 0.3) is 0 Å². The Hall–Kier alpha value is -0.120. The van der Waals surface area contributed by atoms with Gasteiger partial charge >= 0.3 is 0 Å². The van der Waals surface area contributed by atoms with Crippen LogP contribution in [0.4, 0.5) is 0 Å². The Morgan fingerprint density at radius 2 is 2.05 bits per heavy atom. The van der Waals surface area contributed by atoms with Crippen LogP contribution in [0.15, 0.2) is 0 Å². The molecule has 3 rings (SSSR count). The first-order valence-corrected chi connectivity index (χ1v) is 8.52. The average molecular weight is 266 g/mol. The maximum atomic E-state index is 5.74. The Labute approximate surface area is 118 Å². The molecule has 0 aromatic heterocycles. The minimum Gasteiger partial charge on any atom is -0.378 e. The van der Waals surface area contributed by atoms with Crippen LogP contribution in [-0.2, 0) is 4.74 Å². The molecule has 0 saturated carbocycles. The van der Waals surface area contributed by atoms with E-state index in [1.165, 1.54) is 77.4 Å². The molecule has 1 N–H and O–H groups in total. The Balaban J connectivity index is 1.43. The molecule has 19 heavy (non-hydrogen) atoms. The van der Waals surface area contributed by atoms with Gasteiger partial charge in [0, 0.05) is 18.7 Å². The number of piperidine rings is 1. The van der Waals surface area contributed by atoms with Crippen LogP contribution in [0.2, 0.25) is 0 Å². The highest BCUT2D eigenvalue weighted by Crippen LogP contribution is 2.25. The molecule has 110 valence electrons. The molecule has 3 unspecified atom stereocenters. The van der Waals surface area contributed by atoms with E-state index in [0.717, 1.165) is 18.7 Å². The van der Waals surface area contributed by atoms with E-state index < -0.39 is 0 Å². The van der Waals surface area contributed by atoms with Crippen LogP contribution >= 0.6 is 0 Å². The predicted molar refractivity (Wildman–Crippen MR) is 78.4 cm³/mol. The van der Waals surface area contributed by atoms with Crippen LogP contribution in [-0.4, -0.2) is 49.3 Å². The molecule has 0 aromatic rings. The molecule has 0 aromatic carbocycles. The van der Waals surface area contributed by atoms with Gasteiger partial charge in [-0.25, -0.2) is 0 Å². The van der Waals surface area contributed by atoms with E-state index in [0.29, 0.717) is 6.10 Å². The smallest absolute Gasteiger partial charge is 0.0576 e. The molecule has 3 fully saturated rings. The third-order valence-corrected chi connectivity index (χ3v) is 5.22. The van der Waals surface area contributed by atoms with Gasteiger partial charge in [-0.1, -0.05) is 6.42 Å². The van der Waals surface area contributed by atoms with Crippen molar-refractivity contribution in [2.45, 2.75) is 76.0 Å². The van der Waals surface area contributed by atoms with Crippen molar-refractivity contribution in [1.29, 1.82) is 0 Å². The maximum Gasteiger partial charge on any atom is 0.0576 e. The largest absolute Gasteiger partial charge is 0.378 e. The van der Waals surface area contributed by atoms with Gasteiger partial charge in [-0.2, -0.15) is 0 Å². The SMILES string of the molecule is C1COC(CCCN2CCCCC2C2CCCN2)C1. The third-order valence-electron chi connectivity index (χ3n) is 5.22. The fourth-order valence-electron chi connectivity index (χ4n) is 4.18. The van der Waals surface area contributed by atoms with Gasteiger partial charge in [0.15, 0.2) is 0 Å². The highest BCUT2D eigenvalue weighted by Gasteiger charge is 2.31. The van der Waals surface area contributed by atoms with E-state index in [-0.39, 0.29) is 0 Å². The number of likely N-dealkylation sites (tertiary alicyclic amines) is 1. The summed E-state index contributed by atoms with van der Waals surface area (Å²) >= 11 is 0. The van der Waals surface area contributed by atoms with E-state index in [1.54, 1.807) is 0 Å². The van der Waals surface area contributed by atoms with Gasteiger partial charge in [0.1, 0.15) is 0 Å². The second kappa shape index (κ2) is 7.05. The van der Waals surface area contributed by atoms with Gasteiger partial charge in [0.05, 0.1) is 6.10 Å². The Kier molecular flexibility index (Phi) is 5.14. The van der Waals surface area contributed by atoms with Crippen LogP contribution in [0, 0.1) is 0 Å². The summed E-state index contributed by atoms with van der Waals surface area (Å²) < 4.78 is 5.74. The van der Waals surface area contributed by atoms with Crippen molar-refractivity contribution < 1.29 is 4.74 Å². The summed E-state index contributed by atoms with van der Waals surface area (Å²) in [6, 6.07) is 1.60. The number of nitrogens with one attached hydrogen (secondary N) is 1. The van der Waals surface area contributed by atoms with Crippen LogP contribution in [0.1, 0.15) is 57.8 Å². The molecule has 3 aliphatic rings. The van der Waals surface area contributed by atoms with Crippen molar-refractivity contribution in [3.05, 3.63) is 0 Å². The zero-order valence-electron chi connectivity index (χ0n) is 12.3. The van der Waals surface area contributed by atoms with Crippen molar-refractivity contribution in [1.82, 2.24) is 10.2 Å². The van der Waals surface area contributed by atoms with Gasteiger partial charge in [0.2, 0.25) is 0 Å². The highest BCUT2D eigenvalue weighted by atomic mass is 16.5. The van der Waals surface area contributed by atoms with E-state index in [4.69, 9.17) is 4.74 Å². The standard InChI is InChI=1S/C16H30N2O/c1-2-11-18(12-4-6-14-7-5-13-19-14)16(9-1)15-8-3-10-17-15/h14-17H,1-13H2. The molecule has 3 aliphatic heterocycles. The summed E-state index contributed by atoms with van der Waals surface area (Å²) in [6.45, 7) is 4.87. The lowest BCUT2D eigenvalue weighted by atomic mass is 9.94. The quantitative estimate of drug-likeness (QED) is 0.827. The summed E-state index contributed by atoms with van der Waals surface area (Å²) in [6.07, 6.45) is 12.8. The molecule has 3 atom stereocenters. The average Bonchev–Trinajstić information content (AvgIpc) is 3.12. The van der Waals surface area contributed by atoms with E-state index in [2.05, 4.69) is 10.2 Å². The van der Waals surface area contributed by atoms with Crippen molar-refractivity contribution in [2.24, 2.45) is 0 Å². The first-order chi connectivity index (χ1) is 9.43. The Morgan fingerprint density at radius 1 is 1.05 bits per heavy atom. The van der Waals surface area contributed by atoms with E-state index in [1.807, 2.05) is 0 Å². The second-order valence-corrected chi connectivity index (χ2v) is 6.58. The van der Waals surface area contributed by atoms with Crippen molar-refractivity contribution in [2.75, 3.05) is 26.2 Å². The van der Waals surface area contributed by atoms with Gasteiger partial charge < -0.3 is 10.1 Å². The van der Waals surface area contributed by atoms with Gasteiger partial charge in [-0.05, 0) is 71.0 Å². The fraction of sp³-hybridized carbons (Fsp3) is 1.00. The Morgan fingerprint density at radius 3 is 2.84 bits per heavy atom. The molecule has 3 heterocycles. The number of nitrogens with zero attached hydrogens (tertiary/aromatic N) is 1. The highest BCUT2D eigenvalue weighted by molar-refractivity contribution is 4.90. The third kappa shape index (κ3) is 3.71. The van der Waals surface area contributed by atoms with Crippen LogP contribution in [0.3, 0.4) is 0 Å². The fourth-order valence-corrected chi connectivity index (χ4v) is 4.18. The summed E-state index contributed by atoms with van der Waals surface area (Å²) in [4.78, 5) is 2.78. The molecule has 3 nitrogen and oxygen atoms in total. The van der Waals surface area contributed by atoms with E-state index in [9.17, 15) is 0 Å². The molecular formula is C16H30N2O. The molecule has 3 saturated heterocycles. The van der Waals surface area contributed by atoms with Gasteiger partial charge in [-0.3, -0.25) is 4.90 Å². The number of hydrogen-bond acceptors (Lipinski definition) is 3. The molecule has 0 amide bonds. The molecule has 0 aliphatic carbocycles. The first-order valence-electron chi connectivity index (χ1n) is 8.52. The monoisotopic (exact) mass is 266 g/mol. The molecule has 0 bridgehead atoms. The zero-order valence-corrected chi connectivity index (χ0v) is 12.3. The summed E-state index contributed by atoms with van der Waals surface area (Å²) in [5.41, 5.74) is 0. The summed E-state index contributed by atoms with van der Waals surface area (Å²) in [7, 11) is 0. The lowest BCUT2D eigenvalue weighted by Crippen LogP contribution is -2.50. The number of rotatable bonds is 5. The van der Waals surface area contributed by atoms with E-state index >= 15 is 0 Å². The van der Waals surface area contributed by atoms with Gasteiger partial charge in [-0.15, -0.1) is 0 Å². The lowest BCUT2D eigenvalue weighted by molar-refractivity contribution is 0.0851. The Bertz CT molecular complexity index is 259. The van der Waals surface area contributed by atoms with Crippen molar-refractivity contribution >= 4 is 0 Å². The first kappa shape index (κ1) is 13.8. The zero-order chi connectivity index (χ0) is 12.9. The maximum absolute atomic E-state index is 5.74. The normalized spacial score (nSPS) is 36.9.